The lowest BCUT2D eigenvalue weighted by Crippen LogP contribution is -2.65. The summed E-state index contributed by atoms with van der Waals surface area (Å²) in [6.45, 7) is 0. The van der Waals surface area contributed by atoms with Gasteiger partial charge in [0.2, 0.25) is 5.82 Å². The van der Waals surface area contributed by atoms with Crippen LogP contribution in [0.1, 0.15) is 124 Å². The molecular weight excluding hydrogens is 627 g/mol. The highest BCUT2D eigenvalue weighted by atomic mass is 28.3. The molecule has 0 spiro atoms. The van der Waals surface area contributed by atoms with Gasteiger partial charge >= 0.3 is 11.9 Å². The molecule has 0 saturated heterocycles. The van der Waals surface area contributed by atoms with Gasteiger partial charge in [-0.15, -0.1) is 0 Å². The predicted octanol–water partition coefficient (Wildman–Crippen LogP) is 9.14. The number of aromatic nitrogens is 5. The summed E-state index contributed by atoms with van der Waals surface area (Å²) in [4.78, 5) is 12.5. The summed E-state index contributed by atoms with van der Waals surface area (Å²) >= 11 is 0. The van der Waals surface area contributed by atoms with Gasteiger partial charge in [0.15, 0.2) is 0 Å². The number of hydrogen-bond donors (Lipinski definition) is 0. The van der Waals surface area contributed by atoms with Gasteiger partial charge in [0.1, 0.15) is 10.8 Å². The molecule has 2 saturated carbocycles. The van der Waals surface area contributed by atoms with Gasteiger partial charge in [-0.3, -0.25) is 4.57 Å². The van der Waals surface area contributed by atoms with Gasteiger partial charge in [0, 0.05) is 46.5 Å². The van der Waals surface area contributed by atoms with Crippen LogP contribution in [0.25, 0.3) is 45.1 Å². The molecule has 0 amide bonds. The maximum atomic E-state index is 10.8. The summed E-state index contributed by atoms with van der Waals surface area (Å²) in [5, 5.41) is -6.35. The topological polar surface area (TPSA) is 47.5 Å². The Kier molecular flexibility index (Phi) is 2.49. The van der Waals surface area contributed by atoms with E-state index in [1.807, 2.05) is 0 Å². The van der Waals surface area contributed by atoms with Crippen LogP contribution in [-0.2, 0) is 0 Å². The Hall–Kier alpha value is -4.94. The molecule has 248 valence electrons. The second-order valence-electron chi connectivity index (χ2n) is 9.98. The quantitative estimate of drug-likeness (QED) is 0.122. The largest absolute Gasteiger partial charge is 0.443 e. The summed E-state index contributed by atoms with van der Waals surface area (Å²) < 4.78 is 409. The van der Waals surface area contributed by atoms with Crippen molar-refractivity contribution in [1.29, 1.82) is 0 Å². The minimum atomic E-state index is -8.92. The van der Waals surface area contributed by atoms with Crippen molar-refractivity contribution in [2.45, 2.75) is 74.8 Å². The Morgan fingerprint density at radius 1 is 0.600 bits per heavy atom. The zero-order valence-corrected chi connectivity index (χ0v) is 25.7. The highest BCUT2D eigenvalue weighted by Gasteiger charge is 2.50. The number of para-hydroxylation sites is 2. The van der Waals surface area contributed by atoms with E-state index >= 15 is 0 Å². The molecule has 3 aromatic heterocycles. The van der Waals surface area contributed by atoms with Crippen LogP contribution in [0.3, 0.4) is 0 Å². The first-order valence-corrected chi connectivity index (χ1v) is 16.2. The van der Waals surface area contributed by atoms with E-state index in [1.54, 1.807) is 0 Å². The van der Waals surface area contributed by atoms with Gasteiger partial charge < -0.3 is 0 Å². The van der Waals surface area contributed by atoms with E-state index in [2.05, 4.69) is 15.0 Å². The third-order valence-corrected chi connectivity index (χ3v) is 11.4. The normalized spacial score (nSPS) is 40.2. The molecule has 0 radical (unpaired) electrons. The Morgan fingerprint density at radius 2 is 1.16 bits per heavy atom. The second kappa shape index (κ2) is 13.4. The van der Waals surface area contributed by atoms with Crippen LogP contribution in [0.15, 0.2) is 133 Å². The first-order chi connectivity index (χ1) is 42.2. The number of rotatable bonds is 7. The van der Waals surface area contributed by atoms with Crippen LogP contribution in [0.5, 0.6) is 0 Å². The van der Waals surface area contributed by atoms with Crippen LogP contribution in [0.4, 0.5) is 0 Å². The summed E-state index contributed by atoms with van der Waals surface area (Å²) in [6, 6.07) is -30.2. The predicted molar refractivity (Wildman–Crippen MR) is 206 cm³/mol. The average Bonchev–Trinajstić information content (AvgIpc) is 0.683. The van der Waals surface area contributed by atoms with Crippen LogP contribution >= 0.6 is 0 Å². The molecule has 0 aliphatic heterocycles. The molecule has 0 unspecified atom stereocenters. The molecule has 50 heavy (non-hydrogen) atoms. The maximum Gasteiger partial charge on any atom is 0.443 e. The lowest BCUT2D eigenvalue weighted by atomic mass is 9.99. The van der Waals surface area contributed by atoms with Crippen molar-refractivity contribution in [1.82, 2.24) is 19.5 Å². The van der Waals surface area contributed by atoms with E-state index in [-0.39, 0.29) is 4.57 Å². The molecule has 3 heterocycles. The first-order valence-electron chi connectivity index (χ1n) is 36.2. The van der Waals surface area contributed by atoms with Gasteiger partial charge in [-0.2, -0.15) is 4.98 Å². The zero-order chi connectivity index (χ0) is 72.3. The van der Waals surface area contributed by atoms with Gasteiger partial charge in [-0.25, -0.2) is 4.57 Å². The maximum absolute atomic E-state index is 10.8. The zero-order valence-electron chi connectivity index (χ0n) is 68.7. The SMILES string of the molecule is [2H]c1c([2H])c([2H])c([Si](c2c([2H])c([2H])c([2H])c(-c3nc(-n4c5c([2H])c([2H])c([2H])c([2H])c5c5c([2H])c([2H])c([2H])c([2H])c54)nc(-[n+]4c([2H])c([2H])c([2H])c([2H])c4[2H])n3)c2[2H])(C2([2H])C([2H])([2H])C([2H])([2H])C([2H])([2H])C([2H])([2H])C2([2H])[2H])C2([2H])C([2H])([2H])C([2H])([2H])C([2H])([2H])C([2H])([2H])C2([2H])[2H])c([2H])c1[2H]. The fourth-order valence-corrected chi connectivity index (χ4v) is 8.88. The van der Waals surface area contributed by atoms with Crippen molar-refractivity contribution in [2.75, 3.05) is 0 Å². The van der Waals surface area contributed by atoms with Crippen LogP contribution in [0, 0.1) is 0 Å². The number of hydrogen-bond acceptors (Lipinski definition) is 3. The van der Waals surface area contributed by atoms with Gasteiger partial charge in [-0.1, -0.05) is 159 Å². The van der Waals surface area contributed by atoms with E-state index in [4.69, 9.17) is 27.4 Å². The third kappa shape index (κ3) is 5.37. The molecule has 2 aliphatic rings. The Morgan fingerprint density at radius 3 is 1.80 bits per heavy atom. The Labute approximate surface area is 357 Å². The van der Waals surface area contributed by atoms with Gasteiger partial charge in [0.05, 0.1) is 50.8 Å². The Bertz CT molecular complexity index is 4280. The number of benzene rings is 4. The lowest BCUT2D eigenvalue weighted by Gasteiger charge is -2.48. The molecule has 4 aromatic carbocycles. The lowest BCUT2D eigenvalue weighted by molar-refractivity contribution is -0.603. The molecular formula is C44H44N5Si+. The van der Waals surface area contributed by atoms with Crippen molar-refractivity contribution >= 4 is 40.3 Å². The van der Waals surface area contributed by atoms with Gasteiger partial charge in [0.25, 0.3) is 0 Å². The van der Waals surface area contributed by atoms with Crippen molar-refractivity contribution in [3.63, 3.8) is 0 Å². The van der Waals surface area contributed by atoms with Crippen LogP contribution in [0.2, 0.25) is 11.0 Å². The van der Waals surface area contributed by atoms with E-state index in [0.717, 1.165) is 0 Å². The van der Waals surface area contributed by atoms with E-state index < -0.39 is 271 Å². The molecule has 9 rings (SSSR count). The van der Waals surface area contributed by atoms with Crippen molar-refractivity contribution < 1.29 is 64.9 Å². The average molecular weight is 715 g/mol. The van der Waals surface area contributed by atoms with Gasteiger partial charge in [-0.05, 0) is 57.3 Å². The molecule has 0 bridgehead atoms. The highest BCUT2D eigenvalue weighted by molar-refractivity contribution is 7.04. The van der Waals surface area contributed by atoms with E-state index in [0.29, 0.717) is 4.57 Å². The van der Waals surface area contributed by atoms with Crippen molar-refractivity contribution in [3.8, 4) is 23.3 Å². The minimum Gasteiger partial charge on any atom is -0.264 e. The molecule has 2 fully saturated rings. The summed E-state index contributed by atoms with van der Waals surface area (Å²) in [5.74, 6) is -4.46. The third-order valence-electron chi connectivity index (χ3n) is 7.35. The van der Waals surface area contributed by atoms with Crippen molar-refractivity contribution in [2.24, 2.45) is 0 Å². The second-order valence-corrected chi connectivity index (χ2v) is 13.5. The number of nitrogens with zero attached hydrogens (tertiary/aromatic N) is 5. The fraction of sp³-hybridized carbons (Fsp3) is 0.273. The molecule has 2 aliphatic carbocycles. The molecule has 6 heteroatoms. The first kappa shape index (κ1) is 9.28. The van der Waals surface area contributed by atoms with Crippen LogP contribution < -0.4 is 14.9 Å². The van der Waals surface area contributed by atoms with E-state index in [9.17, 15) is 32.9 Å². The fourth-order valence-electron chi connectivity index (χ4n) is 5.32. The number of fused-ring (bicyclic) bond motifs is 3. The van der Waals surface area contributed by atoms with E-state index in [1.165, 1.54) is 0 Å². The minimum absolute atomic E-state index is 0.0976. The van der Waals surface area contributed by atoms with Crippen LogP contribution in [-0.4, -0.2) is 27.6 Å². The highest BCUT2D eigenvalue weighted by Crippen LogP contribution is 2.48. The monoisotopic (exact) mass is 715 g/mol. The molecule has 5 nitrogen and oxygen atoms in total. The molecule has 0 N–H and O–H groups in total. The number of pyridine rings is 1. The molecule has 0 atom stereocenters. The molecule has 7 aromatic rings. The van der Waals surface area contributed by atoms with Crippen molar-refractivity contribution in [3.05, 3.63) is 133 Å². The summed E-state index contributed by atoms with van der Waals surface area (Å²) in [7, 11) is -8.92. The summed E-state index contributed by atoms with van der Waals surface area (Å²) in [6.07, 6.45) is -54.1. The Balaban J connectivity index is 1.72. The smallest absolute Gasteiger partial charge is 0.264 e. The standard InChI is InChI=1S/C44H44N5Si/c1-5-19-34(20-6-1)50(35-21-7-2-8-22-35,36-23-9-3-10-24-36)37-25-17-18-33(32-37)42-45-43(48-30-15-4-16-31-48)47-44(46-42)49-40-28-13-11-26-38(40)39-27-12-14-29-41(39)49/h1,4-6,11-20,25-32,35-36H,2-3,7-10,21-24H2/q+1/i1D,2D2,3D2,4D,5D,6D,7D2,8D2,9D2,10D2,11D,12D,13D,14D,15D,16D,17D,18D,19D,20D,21D2,22D2,23D2,24D2,25D,26D,27D,28D,29D,30D,31D,32D,35D,36D. The summed E-state index contributed by atoms with van der Waals surface area (Å²) in [5.41, 5.74) is -15.1.